The van der Waals surface area contributed by atoms with E-state index in [1.54, 1.807) is 12.1 Å². The monoisotopic (exact) mass is 300 g/mol. The molecule has 0 fully saturated rings. The summed E-state index contributed by atoms with van der Waals surface area (Å²) in [5.74, 6) is -0.216. The van der Waals surface area contributed by atoms with Crippen molar-refractivity contribution in [1.82, 2.24) is 5.32 Å². The van der Waals surface area contributed by atoms with Gasteiger partial charge in [-0.05, 0) is 36.1 Å². The van der Waals surface area contributed by atoms with Gasteiger partial charge in [-0.15, -0.1) is 11.3 Å². The predicted molar refractivity (Wildman–Crippen MR) is 83.6 cm³/mol. The Morgan fingerprint density at radius 3 is 2.81 bits per heavy atom. The molecule has 5 heteroatoms. The minimum Gasteiger partial charge on any atom is -0.345 e. The topological polar surface area (TPSA) is 58.2 Å². The fourth-order valence-electron chi connectivity index (χ4n) is 2.64. The van der Waals surface area contributed by atoms with Crippen LogP contribution in [0.4, 0.5) is 5.00 Å². The smallest absolute Gasteiger partial charge is 0.261 e. The molecule has 108 valence electrons. The zero-order valence-electron chi connectivity index (χ0n) is 11.7. The second-order valence-electron chi connectivity index (χ2n) is 5.11. The molecule has 4 nitrogen and oxygen atoms in total. The molecule has 0 saturated carbocycles. The number of amides is 2. The van der Waals surface area contributed by atoms with Crippen molar-refractivity contribution < 1.29 is 9.59 Å². The average molecular weight is 300 g/mol. The summed E-state index contributed by atoms with van der Waals surface area (Å²) < 4.78 is 0. The number of aryl methyl sites for hydroxylation is 1. The zero-order chi connectivity index (χ0) is 14.8. The second kappa shape index (κ2) is 5.69. The number of carbonyl (C=O) groups is 2. The van der Waals surface area contributed by atoms with Crippen molar-refractivity contribution in [3.05, 3.63) is 52.4 Å². The third-order valence-electron chi connectivity index (χ3n) is 3.57. The first-order valence-corrected chi connectivity index (χ1v) is 7.71. The van der Waals surface area contributed by atoms with E-state index in [0.29, 0.717) is 9.88 Å². The summed E-state index contributed by atoms with van der Waals surface area (Å²) in [6, 6.07) is 11.8. The Hall–Kier alpha value is -2.14. The maximum absolute atomic E-state index is 12.3. The zero-order valence-corrected chi connectivity index (χ0v) is 12.5. The third-order valence-corrected chi connectivity index (χ3v) is 4.57. The van der Waals surface area contributed by atoms with Gasteiger partial charge in [0.25, 0.3) is 5.91 Å². The van der Waals surface area contributed by atoms with Crippen molar-refractivity contribution >= 4 is 28.2 Å². The number of hydrogen-bond donors (Lipinski definition) is 2. The van der Waals surface area contributed by atoms with E-state index in [1.165, 1.54) is 29.4 Å². The Bertz CT molecular complexity index is 693. The van der Waals surface area contributed by atoms with E-state index in [2.05, 4.69) is 22.8 Å². The molecule has 3 rings (SSSR count). The standard InChI is InChI=1S/C16H16N2O2S/c1-10(19)17-15-9-8-14(21-15)16(20)18-13-7-6-11-4-2-3-5-12(11)13/h2-5,8-9,13H,6-7H2,1H3,(H,17,19)(H,18,20)/t13-/m0/s1. The van der Waals surface area contributed by atoms with E-state index in [9.17, 15) is 9.59 Å². The third kappa shape index (κ3) is 2.97. The van der Waals surface area contributed by atoms with Crippen LogP contribution in [0.3, 0.4) is 0 Å². The van der Waals surface area contributed by atoms with E-state index in [-0.39, 0.29) is 17.9 Å². The summed E-state index contributed by atoms with van der Waals surface area (Å²) >= 11 is 1.29. The van der Waals surface area contributed by atoms with Gasteiger partial charge < -0.3 is 10.6 Å². The molecule has 2 aromatic rings. The molecule has 1 aromatic carbocycles. The Morgan fingerprint density at radius 2 is 2.00 bits per heavy atom. The van der Waals surface area contributed by atoms with Crippen molar-refractivity contribution in [1.29, 1.82) is 0 Å². The summed E-state index contributed by atoms with van der Waals surface area (Å²) in [6.07, 6.45) is 1.94. The fourth-order valence-corrected chi connectivity index (χ4v) is 3.49. The molecule has 2 amide bonds. The molecular weight excluding hydrogens is 284 g/mol. The number of benzene rings is 1. The molecule has 0 bridgehead atoms. The van der Waals surface area contributed by atoms with Crippen molar-refractivity contribution in [3.8, 4) is 0 Å². The highest BCUT2D eigenvalue weighted by molar-refractivity contribution is 7.18. The molecule has 21 heavy (non-hydrogen) atoms. The quantitative estimate of drug-likeness (QED) is 0.915. The molecule has 1 aromatic heterocycles. The largest absolute Gasteiger partial charge is 0.345 e. The lowest BCUT2D eigenvalue weighted by molar-refractivity contribution is -0.114. The van der Waals surface area contributed by atoms with Crippen molar-refractivity contribution in [3.63, 3.8) is 0 Å². The second-order valence-corrected chi connectivity index (χ2v) is 6.19. The summed E-state index contributed by atoms with van der Waals surface area (Å²) in [6.45, 7) is 1.45. The van der Waals surface area contributed by atoms with E-state index in [1.807, 2.05) is 12.1 Å². The highest BCUT2D eigenvalue weighted by Gasteiger charge is 2.24. The summed E-state index contributed by atoms with van der Waals surface area (Å²) in [5, 5.41) is 6.46. The Labute approximate surface area is 127 Å². The molecule has 0 spiro atoms. The molecule has 1 aliphatic rings. The lowest BCUT2D eigenvalue weighted by atomic mass is 10.1. The Morgan fingerprint density at radius 1 is 1.19 bits per heavy atom. The molecule has 1 atom stereocenters. The number of hydrogen-bond acceptors (Lipinski definition) is 3. The van der Waals surface area contributed by atoms with Crippen LogP contribution in [0, 0.1) is 0 Å². The van der Waals surface area contributed by atoms with Gasteiger partial charge in [-0.25, -0.2) is 0 Å². The molecular formula is C16H16N2O2S. The van der Waals surface area contributed by atoms with E-state index in [4.69, 9.17) is 0 Å². The summed E-state index contributed by atoms with van der Waals surface area (Å²) in [4.78, 5) is 23.9. The molecule has 0 saturated heterocycles. The molecule has 0 unspecified atom stereocenters. The molecule has 0 radical (unpaired) electrons. The highest BCUT2D eigenvalue weighted by Crippen LogP contribution is 2.31. The fraction of sp³-hybridized carbons (Fsp3) is 0.250. The van der Waals surface area contributed by atoms with E-state index in [0.717, 1.165) is 12.8 Å². The maximum atomic E-state index is 12.3. The van der Waals surface area contributed by atoms with Gasteiger partial charge >= 0.3 is 0 Å². The van der Waals surface area contributed by atoms with Crippen LogP contribution >= 0.6 is 11.3 Å². The van der Waals surface area contributed by atoms with Crippen LogP contribution in [0.15, 0.2) is 36.4 Å². The Kier molecular flexibility index (Phi) is 3.75. The number of carbonyl (C=O) groups excluding carboxylic acids is 2. The van der Waals surface area contributed by atoms with Crippen LogP contribution in [0.1, 0.15) is 40.2 Å². The SMILES string of the molecule is CC(=O)Nc1ccc(C(=O)N[C@H]2CCc3ccccc32)s1. The first kappa shape index (κ1) is 13.8. The van der Waals surface area contributed by atoms with Crippen molar-refractivity contribution in [2.45, 2.75) is 25.8 Å². The van der Waals surface area contributed by atoms with Gasteiger partial charge in [0.1, 0.15) is 0 Å². The van der Waals surface area contributed by atoms with Crippen molar-refractivity contribution in [2.75, 3.05) is 5.32 Å². The number of fused-ring (bicyclic) bond motifs is 1. The maximum Gasteiger partial charge on any atom is 0.261 e. The minimum atomic E-state index is -0.131. The van der Waals surface area contributed by atoms with Gasteiger partial charge in [0.15, 0.2) is 0 Å². The lowest BCUT2D eigenvalue weighted by Gasteiger charge is -2.13. The number of thiophene rings is 1. The summed E-state index contributed by atoms with van der Waals surface area (Å²) in [7, 11) is 0. The first-order valence-electron chi connectivity index (χ1n) is 6.89. The van der Waals surface area contributed by atoms with E-state index >= 15 is 0 Å². The van der Waals surface area contributed by atoms with E-state index < -0.39 is 0 Å². The van der Waals surface area contributed by atoms with Crippen LogP contribution in [0.2, 0.25) is 0 Å². The van der Waals surface area contributed by atoms with Gasteiger partial charge in [-0.3, -0.25) is 9.59 Å². The number of nitrogens with one attached hydrogen (secondary N) is 2. The van der Waals surface area contributed by atoms with Gasteiger partial charge in [-0.2, -0.15) is 0 Å². The van der Waals surface area contributed by atoms with Gasteiger partial charge in [0.2, 0.25) is 5.91 Å². The van der Waals surface area contributed by atoms with Crippen LogP contribution in [-0.4, -0.2) is 11.8 Å². The molecule has 1 heterocycles. The minimum absolute atomic E-state index is 0.0833. The van der Waals surface area contributed by atoms with Crippen LogP contribution < -0.4 is 10.6 Å². The molecule has 2 N–H and O–H groups in total. The number of anilines is 1. The van der Waals surface area contributed by atoms with Crippen LogP contribution in [0.5, 0.6) is 0 Å². The van der Waals surface area contributed by atoms with Gasteiger partial charge in [0.05, 0.1) is 15.9 Å². The molecule has 1 aliphatic carbocycles. The summed E-state index contributed by atoms with van der Waals surface area (Å²) in [5.41, 5.74) is 2.53. The van der Waals surface area contributed by atoms with Gasteiger partial charge in [0, 0.05) is 6.92 Å². The van der Waals surface area contributed by atoms with Crippen LogP contribution in [-0.2, 0) is 11.2 Å². The van der Waals surface area contributed by atoms with Crippen LogP contribution in [0.25, 0.3) is 0 Å². The van der Waals surface area contributed by atoms with Crippen molar-refractivity contribution in [2.24, 2.45) is 0 Å². The van der Waals surface area contributed by atoms with Gasteiger partial charge in [-0.1, -0.05) is 24.3 Å². The highest BCUT2D eigenvalue weighted by atomic mass is 32.1. The predicted octanol–water partition coefficient (Wildman–Crippen LogP) is 3.12. The first-order chi connectivity index (χ1) is 10.1. The normalized spacial score (nSPS) is 16.3. The lowest BCUT2D eigenvalue weighted by Crippen LogP contribution is -2.26. The average Bonchev–Trinajstić information content (AvgIpc) is 3.06. The Balaban J connectivity index is 1.70. The molecule has 0 aliphatic heterocycles. The number of rotatable bonds is 3.